The van der Waals surface area contributed by atoms with E-state index in [0.717, 1.165) is 0 Å². The van der Waals surface area contributed by atoms with Crippen molar-refractivity contribution in [1.29, 1.82) is 0 Å². The molecule has 0 heterocycles. The maximum Gasteiger partial charge on any atom is 0.288 e. The third-order valence-corrected chi connectivity index (χ3v) is 3.29. The lowest BCUT2D eigenvalue weighted by Gasteiger charge is -2.10. The second kappa shape index (κ2) is 6.38. The number of phenols is 1. The van der Waals surface area contributed by atoms with Crippen LogP contribution in [0.5, 0.6) is 5.75 Å². The molecule has 0 aliphatic rings. The van der Waals surface area contributed by atoms with Crippen LogP contribution in [0.1, 0.15) is 10.4 Å². The van der Waals surface area contributed by atoms with Crippen molar-refractivity contribution in [3.63, 3.8) is 0 Å². The smallest absolute Gasteiger partial charge is 0.288 e. The van der Waals surface area contributed by atoms with Gasteiger partial charge in [-0.05, 0) is 24.3 Å². The van der Waals surface area contributed by atoms with Gasteiger partial charge in [0.25, 0.3) is 11.7 Å². The fraction of sp³-hybridized carbons (Fsp3) is 0.0714. The minimum atomic E-state index is -2.60. The number of phenolic OH excluding ortho intramolecular Hbond substituents is 1. The molecule has 3 nitrogen and oxygen atoms in total. The molecule has 0 spiro atoms. The van der Waals surface area contributed by atoms with Gasteiger partial charge in [-0.2, -0.15) is 8.78 Å². The van der Waals surface area contributed by atoms with Crippen LogP contribution in [0.25, 0.3) is 0 Å². The second-order valence-electron chi connectivity index (χ2n) is 3.85. The van der Waals surface area contributed by atoms with Crippen molar-refractivity contribution in [3.8, 4) is 5.75 Å². The number of anilines is 1. The summed E-state index contributed by atoms with van der Waals surface area (Å²) in [6.07, 6.45) is 0. The molecule has 0 aliphatic carbocycles. The number of rotatable bonds is 4. The van der Waals surface area contributed by atoms with Gasteiger partial charge in [-0.1, -0.05) is 36.0 Å². The van der Waals surface area contributed by atoms with Gasteiger partial charge in [-0.25, -0.2) is 0 Å². The molecule has 2 aromatic rings. The standard InChI is InChI=1S/C14H11F2NO2S/c15-14(16)20-12-8-4-1-5-9(12)13(19)17-10-6-2-3-7-11(10)18/h1-8,14,18H,(H,17,19). The number of hydrogen-bond donors (Lipinski definition) is 2. The highest BCUT2D eigenvalue weighted by Gasteiger charge is 2.16. The average Bonchev–Trinajstić information content (AvgIpc) is 2.41. The predicted molar refractivity (Wildman–Crippen MR) is 74.4 cm³/mol. The highest BCUT2D eigenvalue weighted by molar-refractivity contribution is 7.99. The highest BCUT2D eigenvalue weighted by Crippen LogP contribution is 2.29. The summed E-state index contributed by atoms with van der Waals surface area (Å²) in [7, 11) is 0. The minimum Gasteiger partial charge on any atom is -0.506 e. The predicted octanol–water partition coefficient (Wildman–Crippen LogP) is 3.96. The largest absolute Gasteiger partial charge is 0.506 e. The number of nitrogens with one attached hydrogen (secondary N) is 1. The molecule has 2 aromatic carbocycles. The van der Waals surface area contributed by atoms with Gasteiger partial charge < -0.3 is 10.4 Å². The number of aromatic hydroxyl groups is 1. The maximum atomic E-state index is 12.4. The maximum absolute atomic E-state index is 12.4. The number of amides is 1. The molecule has 1 amide bonds. The van der Waals surface area contributed by atoms with E-state index < -0.39 is 11.7 Å². The number of benzene rings is 2. The Balaban J connectivity index is 2.23. The Labute approximate surface area is 118 Å². The zero-order valence-electron chi connectivity index (χ0n) is 10.2. The van der Waals surface area contributed by atoms with Crippen molar-refractivity contribution in [2.45, 2.75) is 10.7 Å². The van der Waals surface area contributed by atoms with Crippen LogP contribution in [-0.2, 0) is 0 Å². The summed E-state index contributed by atoms with van der Waals surface area (Å²) < 4.78 is 24.9. The molecule has 2 rings (SSSR count). The van der Waals surface area contributed by atoms with Gasteiger partial charge in [0, 0.05) is 4.90 Å². The van der Waals surface area contributed by atoms with Gasteiger partial charge in [-0.15, -0.1) is 0 Å². The average molecular weight is 295 g/mol. The minimum absolute atomic E-state index is 0.0835. The Kier molecular flexibility index (Phi) is 4.57. The molecule has 20 heavy (non-hydrogen) atoms. The number of thioether (sulfide) groups is 1. The molecule has 104 valence electrons. The number of hydrogen-bond acceptors (Lipinski definition) is 3. The van der Waals surface area contributed by atoms with E-state index >= 15 is 0 Å². The Morgan fingerprint density at radius 3 is 2.45 bits per heavy atom. The van der Waals surface area contributed by atoms with Crippen LogP contribution in [0.15, 0.2) is 53.4 Å². The van der Waals surface area contributed by atoms with E-state index in [1.807, 2.05) is 0 Å². The van der Waals surface area contributed by atoms with Crippen LogP contribution in [0.4, 0.5) is 14.5 Å². The summed E-state index contributed by atoms with van der Waals surface area (Å²) in [6.45, 7) is 0. The third kappa shape index (κ3) is 3.48. The van der Waals surface area contributed by atoms with Crippen LogP contribution >= 0.6 is 11.8 Å². The number of alkyl halides is 2. The first-order chi connectivity index (χ1) is 9.58. The molecular formula is C14H11F2NO2S. The van der Waals surface area contributed by atoms with Gasteiger partial charge in [0.2, 0.25) is 0 Å². The zero-order valence-corrected chi connectivity index (χ0v) is 11.0. The van der Waals surface area contributed by atoms with Crippen LogP contribution in [0.3, 0.4) is 0 Å². The summed E-state index contributed by atoms with van der Waals surface area (Å²) in [5.41, 5.74) is 0.371. The van der Waals surface area contributed by atoms with Crippen LogP contribution in [0, 0.1) is 0 Å². The second-order valence-corrected chi connectivity index (χ2v) is 4.88. The SMILES string of the molecule is O=C(Nc1ccccc1O)c1ccccc1SC(F)F. The van der Waals surface area contributed by atoms with E-state index in [9.17, 15) is 18.7 Å². The monoisotopic (exact) mass is 295 g/mol. The quantitative estimate of drug-likeness (QED) is 0.663. The van der Waals surface area contributed by atoms with E-state index in [1.165, 1.54) is 24.3 Å². The normalized spacial score (nSPS) is 10.6. The van der Waals surface area contributed by atoms with Crippen molar-refractivity contribution < 1.29 is 18.7 Å². The van der Waals surface area contributed by atoms with Gasteiger partial charge in [-0.3, -0.25) is 4.79 Å². The van der Waals surface area contributed by atoms with Crippen molar-refractivity contribution in [2.24, 2.45) is 0 Å². The Bertz CT molecular complexity index is 620. The Hall–Kier alpha value is -2.08. The summed E-state index contributed by atoms with van der Waals surface area (Å²) in [6, 6.07) is 12.3. The van der Waals surface area contributed by atoms with E-state index in [-0.39, 0.29) is 21.9 Å². The first-order valence-electron chi connectivity index (χ1n) is 5.71. The zero-order chi connectivity index (χ0) is 14.5. The fourth-order valence-corrected chi connectivity index (χ4v) is 2.26. The number of carbonyl (C=O) groups excluding carboxylic acids is 1. The van der Waals surface area contributed by atoms with Gasteiger partial charge >= 0.3 is 0 Å². The first kappa shape index (κ1) is 14.3. The lowest BCUT2D eigenvalue weighted by molar-refractivity contribution is 0.102. The van der Waals surface area contributed by atoms with Crippen LogP contribution < -0.4 is 5.32 Å². The van der Waals surface area contributed by atoms with E-state index in [4.69, 9.17) is 0 Å². The van der Waals surface area contributed by atoms with Crippen molar-refractivity contribution >= 4 is 23.4 Å². The first-order valence-corrected chi connectivity index (χ1v) is 6.59. The molecule has 0 saturated carbocycles. The molecule has 0 atom stereocenters. The van der Waals surface area contributed by atoms with E-state index in [0.29, 0.717) is 11.8 Å². The Morgan fingerprint density at radius 2 is 1.75 bits per heavy atom. The molecule has 0 bridgehead atoms. The highest BCUT2D eigenvalue weighted by atomic mass is 32.2. The summed E-state index contributed by atoms with van der Waals surface area (Å²) >= 11 is 0.311. The van der Waals surface area contributed by atoms with Gasteiger partial charge in [0.05, 0.1) is 11.3 Å². The van der Waals surface area contributed by atoms with Gasteiger partial charge in [0.1, 0.15) is 5.75 Å². The number of halogens is 2. The molecule has 0 fully saturated rings. The molecule has 0 aromatic heterocycles. The van der Waals surface area contributed by atoms with Crippen molar-refractivity contribution in [1.82, 2.24) is 0 Å². The molecule has 6 heteroatoms. The summed E-state index contributed by atoms with van der Waals surface area (Å²) in [5, 5.41) is 12.1. The van der Waals surface area contributed by atoms with Gasteiger partial charge in [0.15, 0.2) is 0 Å². The molecule has 2 N–H and O–H groups in total. The van der Waals surface area contributed by atoms with Crippen LogP contribution in [0.2, 0.25) is 0 Å². The summed E-state index contributed by atoms with van der Waals surface area (Å²) in [4.78, 5) is 12.3. The number of para-hydroxylation sites is 2. The third-order valence-electron chi connectivity index (χ3n) is 2.50. The van der Waals surface area contributed by atoms with Crippen LogP contribution in [-0.4, -0.2) is 16.8 Å². The van der Waals surface area contributed by atoms with E-state index in [2.05, 4.69) is 5.32 Å². The summed E-state index contributed by atoms with van der Waals surface area (Å²) in [5.74, 6) is -3.23. The lowest BCUT2D eigenvalue weighted by atomic mass is 10.2. The molecule has 0 saturated heterocycles. The van der Waals surface area contributed by atoms with E-state index in [1.54, 1.807) is 24.3 Å². The molecule has 0 radical (unpaired) electrons. The molecule has 0 aliphatic heterocycles. The molecule has 0 unspecified atom stereocenters. The number of carbonyl (C=O) groups is 1. The topological polar surface area (TPSA) is 49.3 Å². The fourth-order valence-electron chi connectivity index (χ4n) is 1.62. The van der Waals surface area contributed by atoms with Crippen molar-refractivity contribution in [2.75, 3.05) is 5.32 Å². The Morgan fingerprint density at radius 1 is 1.10 bits per heavy atom. The van der Waals surface area contributed by atoms with Crippen molar-refractivity contribution in [3.05, 3.63) is 54.1 Å². The molecular weight excluding hydrogens is 284 g/mol. The lowest BCUT2D eigenvalue weighted by Crippen LogP contribution is -2.13.